The molecular weight excluding hydrogens is 391 g/mol. The molecule has 1 aromatic carbocycles. The molecule has 0 spiro atoms. The van der Waals surface area contributed by atoms with Crippen LogP contribution in [0.5, 0.6) is 0 Å². The first kappa shape index (κ1) is 20.6. The SMILES string of the molecule is COS(=O)(=O)C(CCF)C(=O)c1ccc(C(=O)C2CCOS2(=O)=O)cc1. The summed E-state index contributed by atoms with van der Waals surface area (Å²) in [5, 5.41) is -3.01. The van der Waals surface area contributed by atoms with E-state index >= 15 is 0 Å². The van der Waals surface area contributed by atoms with E-state index < -0.39 is 55.4 Å². The zero-order valence-electron chi connectivity index (χ0n) is 13.8. The summed E-state index contributed by atoms with van der Waals surface area (Å²) in [7, 11) is -7.36. The van der Waals surface area contributed by atoms with E-state index in [1.54, 1.807) is 0 Å². The number of hydrogen-bond donors (Lipinski definition) is 0. The van der Waals surface area contributed by atoms with E-state index in [2.05, 4.69) is 8.37 Å². The van der Waals surface area contributed by atoms with Crippen molar-refractivity contribution in [3.8, 4) is 0 Å². The second-order valence-corrected chi connectivity index (χ2v) is 9.20. The van der Waals surface area contributed by atoms with Gasteiger partial charge in [0.2, 0.25) is 0 Å². The van der Waals surface area contributed by atoms with Crippen LogP contribution in [0.2, 0.25) is 0 Å². The van der Waals surface area contributed by atoms with Crippen molar-refractivity contribution in [3.05, 3.63) is 35.4 Å². The van der Waals surface area contributed by atoms with Crippen LogP contribution in [0, 0.1) is 0 Å². The molecule has 2 unspecified atom stereocenters. The van der Waals surface area contributed by atoms with Gasteiger partial charge in [-0.05, 0) is 6.42 Å². The molecule has 0 amide bonds. The minimum absolute atomic E-state index is 0.0342. The summed E-state index contributed by atoms with van der Waals surface area (Å²) in [6.45, 7) is -1.11. The van der Waals surface area contributed by atoms with E-state index in [1.807, 2.05) is 0 Å². The number of rotatable bonds is 8. The monoisotopic (exact) mass is 408 g/mol. The van der Waals surface area contributed by atoms with Crippen molar-refractivity contribution in [1.29, 1.82) is 0 Å². The molecule has 1 fully saturated rings. The van der Waals surface area contributed by atoms with Gasteiger partial charge in [0.15, 0.2) is 22.1 Å². The van der Waals surface area contributed by atoms with E-state index in [-0.39, 0.29) is 24.2 Å². The Balaban J connectivity index is 2.26. The number of hydrogen-bond acceptors (Lipinski definition) is 8. The third kappa shape index (κ3) is 4.17. The van der Waals surface area contributed by atoms with E-state index in [1.165, 1.54) is 24.3 Å². The molecular formula is C15H17FO8S2. The summed E-state index contributed by atoms with van der Waals surface area (Å²) in [6.07, 6.45) is -0.528. The van der Waals surface area contributed by atoms with E-state index in [9.17, 15) is 30.8 Å². The van der Waals surface area contributed by atoms with Crippen molar-refractivity contribution >= 4 is 31.8 Å². The van der Waals surface area contributed by atoms with Crippen molar-refractivity contribution in [2.24, 2.45) is 0 Å². The van der Waals surface area contributed by atoms with Crippen molar-refractivity contribution in [2.75, 3.05) is 20.4 Å². The third-order valence-electron chi connectivity index (χ3n) is 3.97. The Hall–Kier alpha value is -1.69. The fourth-order valence-corrected chi connectivity index (χ4v) is 4.84. The Morgan fingerprint density at radius 3 is 2.31 bits per heavy atom. The molecule has 0 aliphatic carbocycles. The Kier molecular flexibility index (Phi) is 6.27. The quantitative estimate of drug-likeness (QED) is 0.459. The number of ketones is 2. The van der Waals surface area contributed by atoms with Gasteiger partial charge in [0, 0.05) is 17.5 Å². The molecule has 1 aliphatic rings. The van der Waals surface area contributed by atoms with Crippen molar-refractivity contribution in [2.45, 2.75) is 23.3 Å². The zero-order valence-corrected chi connectivity index (χ0v) is 15.4. The highest BCUT2D eigenvalue weighted by molar-refractivity contribution is 7.88. The van der Waals surface area contributed by atoms with Crippen LogP contribution in [0.1, 0.15) is 33.6 Å². The highest BCUT2D eigenvalue weighted by Gasteiger charge is 2.39. The van der Waals surface area contributed by atoms with E-state index in [0.717, 1.165) is 7.11 Å². The summed E-state index contributed by atoms with van der Waals surface area (Å²) in [6, 6.07) is 4.81. The van der Waals surface area contributed by atoms with Gasteiger partial charge in [0.25, 0.3) is 20.2 Å². The van der Waals surface area contributed by atoms with Crippen LogP contribution >= 0.6 is 0 Å². The maximum Gasteiger partial charge on any atom is 0.277 e. The minimum atomic E-state index is -4.28. The molecule has 26 heavy (non-hydrogen) atoms. The summed E-state index contributed by atoms with van der Waals surface area (Å²) < 4.78 is 68.3. The summed E-state index contributed by atoms with van der Waals surface area (Å²) in [5.41, 5.74) is -0.0246. The molecule has 144 valence electrons. The molecule has 0 radical (unpaired) electrons. The van der Waals surface area contributed by atoms with Crippen LogP contribution in [0.4, 0.5) is 4.39 Å². The lowest BCUT2D eigenvalue weighted by Gasteiger charge is -2.14. The van der Waals surface area contributed by atoms with Gasteiger partial charge in [0.1, 0.15) is 0 Å². The number of alkyl halides is 1. The molecule has 0 saturated carbocycles. The fraction of sp³-hybridized carbons (Fsp3) is 0.467. The van der Waals surface area contributed by atoms with Gasteiger partial charge in [0.05, 0.1) is 20.4 Å². The molecule has 0 aromatic heterocycles. The molecule has 1 aromatic rings. The van der Waals surface area contributed by atoms with Crippen molar-refractivity contribution in [1.82, 2.24) is 0 Å². The fourth-order valence-electron chi connectivity index (χ4n) is 2.55. The largest absolute Gasteiger partial charge is 0.293 e. The zero-order chi connectivity index (χ0) is 19.5. The molecule has 2 rings (SSSR count). The molecule has 8 nitrogen and oxygen atoms in total. The van der Waals surface area contributed by atoms with Crippen LogP contribution in [0.15, 0.2) is 24.3 Å². The number of Topliss-reactive ketones (excluding diaryl/α,β-unsaturated/α-hetero) is 2. The predicted molar refractivity (Wildman–Crippen MR) is 88.7 cm³/mol. The normalized spacial score (nSPS) is 20.6. The Morgan fingerprint density at radius 2 is 1.85 bits per heavy atom. The summed E-state index contributed by atoms with van der Waals surface area (Å²) in [5.74, 6) is -1.55. The Morgan fingerprint density at radius 1 is 1.27 bits per heavy atom. The van der Waals surface area contributed by atoms with Gasteiger partial charge < -0.3 is 0 Å². The second-order valence-electron chi connectivity index (χ2n) is 5.52. The predicted octanol–water partition coefficient (Wildman–Crippen LogP) is 0.875. The Labute approximate surface area is 150 Å². The number of carbonyl (C=O) groups is 2. The second kappa shape index (κ2) is 7.91. The average Bonchev–Trinajstić information content (AvgIpc) is 2.97. The maximum absolute atomic E-state index is 12.6. The van der Waals surface area contributed by atoms with Gasteiger partial charge in [-0.3, -0.25) is 22.3 Å². The lowest BCUT2D eigenvalue weighted by atomic mass is 10.0. The van der Waals surface area contributed by atoms with Crippen LogP contribution in [-0.2, 0) is 28.6 Å². The maximum atomic E-state index is 12.6. The topological polar surface area (TPSA) is 121 Å². The van der Waals surface area contributed by atoms with Gasteiger partial charge in [-0.2, -0.15) is 16.8 Å². The molecule has 11 heteroatoms. The molecule has 1 saturated heterocycles. The van der Waals surface area contributed by atoms with Gasteiger partial charge in [-0.25, -0.2) is 0 Å². The van der Waals surface area contributed by atoms with Crippen molar-refractivity contribution in [3.63, 3.8) is 0 Å². The molecule has 0 bridgehead atoms. The number of carbonyl (C=O) groups excluding carboxylic acids is 2. The minimum Gasteiger partial charge on any atom is -0.293 e. The third-order valence-corrected chi connectivity index (χ3v) is 7.22. The van der Waals surface area contributed by atoms with E-state index in [0.29, 0.717) is 0 Å². The number of halogens is 1. The lowest BCUT2D eigenvalue weighted by Crippen LogP contribution is -2.32. The average molecular weight is 408 g/mol. The van der Waals surface area contributed by atoms with Gasteiger partial charge >= 0.3 is 0 Å². The molecule has 0 N–H and O–H groups in total. The highest BCUT2D eigenvalue weighted by atomic mass is 32.2. The lowest BCUT2D eigenvalue weighted by molar-refractivity contribution is 0.0969. The van der Waals surface area contributed by atoms with Gasteiger partial charge in [-0.15, -0.1) is 0 Å². The number of benzene rings is 1. The van der Waals surface area contributed by atoms with E-state index in [4.69, 9.17) is 0 Å². The van der Waals surface area contributed by atoms with Crippen LogP contribution < -0.4 is 0 Å². The first-order valence-electron chi connectivity index (χ1n) is 7.56. The standard InChI is InChI=1S/C15H17FO8S2/c1-23-25(19,20)12(6-8-16)14(17)10-2-4-11(5-3-10)15(18)13-7-9-24-26(13,21)22/h2-5,12-13H,6-9H2,1H3. The molecule has 1 aliphatic heterocycles. The Bertz CT molecular complexity index is 890. The smallest absolute Gasteiger partial charge is 0.277 e. The molecule has 1 heterocycles. The summed E-state index contributed by atoms with van der Waals surface area (Å²) >= 11 is 0. The van der Waals surface area contributed by atoms with Crippen LogP contribution in [0.25, 0.3) is 0 Å². The molecule has 2 atom stereocenters. The summed E-state index contributed by atoms with van der Waals surface area (Å²) in [4.78, 5) is 24.6. The first-order valence-corrected chi connectivity index (χ1v) is 10.5. The highest BCUT2D eigenvalue weighted by Crippen LogP contribution is 2.23. The van der Waals surface area contributed by atoms with Crippen LogP contribution in [0.3, 0.4) is 0 Å². The van der Waals surface area contributed by atoms with Gasteiger partial charge in [-0.1, -0.05) is 24.3 Å². The first-order chi connectivity index (χ1) is 12.1. The van der Waals surface area contributed by atoms with Crippen molar-refractivity contribution < 1.29 is 39.2 Å². The van der Waals surface area contributed by atoms with Crippen LogP contribution in [-0.4, -0.2) is 59.3 Å².